The standard InChI is InChI=1S/C17H14N4OS/c1-11-6-8-12(9-7-11)16-20-15(22-21-16)10-23-17-18-13-4-2-3-5-14(13)19-17/h2-9H,10H2,1H3,(H,18,19). The zero-order valence-electron chi connectivity index (χ0n) is 12.5. The Morgan fingerprint density at radius 3 is 2.70 bits per heavy atom. The Labute approximate surface area is 137 Å². The van der Waals surface area contributed by atoms with Gasteiger partial charge in [-0.3, -0.25) is 0 Å². The molecule has 0 unspecified atom stereocenters. The number of nitrogens with one attached hydrogen (secondary N) is 1. The Hall–Kier alpha value is -2.60. The number of nitrogens with zero attached hydrogens (tertiary/aromatic N) is 3. The molecule has 23 heavy (non-hydrogen) atoms. The number of hydrogen-bond donors (Lipinski definition) is 1. The van der Waals surface area contributed by atoms with Crippen LogP contribution in [0.1, 0.15) is 11.5 Å². The second-order valence-corrected chi connectivity index (χ2v) is 6.19. The molecule has 0 bridgehead atoms. The molecule has 0 aliphatic rings. The molecular formula is C17H14N4OS. The van der Waals surface area contributed by atoms with Gasteiger partial charge in [-0.05, 0) is 19.1 Å². The summed E-state index contributed by atoms with van der Waals surface area (Å²) in [5, 5.41) is 4.89. The summed E-state index contributed by atoms with van der Waals surface area (Å²) in [6.07, 6.45) is 0. The van der Waals surface area contributed by atoms with Crippen molar-refractivity contribution in [3.8, 4) is 11.4 Å². The largest absolute Gasteiger partial charge is 0.338 e. The number of rotatable bonds is 4. The highest BCUT2D eigenvalue weighted by atomic mass is 32.2. The Morgan fingerprint density at radius 1 is 1.04 bits per heavy atom. The molecule has 2 heterocycles. The minimum absolute atomic E-state index is 0.582. The van der Waals surface area contributed by atoms with Crippen LogP contribution in [-0.2, 0) is 5.75 Å². The second-order valence-electron chi connectivity index (χ2n) is 5.23. The molecule has 0 radical (unpaired) electrons. The third kappa shape index (κ3) is 2.98. The van der Waals surface area contributed by atoms with Crippen LogP contribution in [0.3, 0.4) is 0 Å². The van der Waals surface area contributed by atoms with Crippen molar-refractivity contribution in [1.82, 2.24) is 20.1 Å². The Bertz CT molecular complexity index is 910. The fraction of sp³-hybridized carbons (Fsp3) is 0.118. The first-order valence-corrected chi connectivity index (χ1v) is 8.24. The summed E-state index contributed by atoms with van der Waals surface area (Å²) in [6.45, 7) is 2.05. The van der Waals surface area contributed by atoms with Crippen LogP contribution in [0.25, 0.3) is 22.4 Å². The number of fused-ring (bicyclic) bond motifs is 1. The number of aromatic nitrogens is 4. The summed E-state index contributed by atoms with van der Waals surface area (Å²) in [6, 6.07) is 16.0. The molecule has 6 heteroatoms. The van der Waals surface area contributed by atoms with Crippen molar-refractivity contribution in [3.63, 3.8) is 0 Å². The molecule has 2 aromatic heterocycles. The molecule has 0 aliphatic carbocycles. The Kier molecular flexibility index (Phi) is 3.59. The van der Waals surface area contributed by atoms with E-state index in [1.807, 2.05) is 48.5 Å². The maximum Gasteiger partial charge on any atom is 0.237 e. The molecule has 0 fully saturated rings. The lowest BCUT2D eigenvalue weighted by atomic mass is 10.1. The highest BCUT2D eigenvalue weighted by Crippen LogP contribution is 2.23. The predicted octanol–water partition coefficient (Wildman–Crippen LogP) is 4.21. The number of aryl methyl sites for hydroxylation is 1. The van der Waals surface area contributed by atoms with Crippen LogP contribution in [0.2, 0.25) is 0 Å². The summed E-state index contributed by atoms with van der Waals surface area (Å²) in [5.41, 5.74) is 4.15. The molecule has 5 nitrogen and oxygen atoms in total. The highest BCUT2D eigenvalue weighted by molar-refractivity contribution is 7.98. The number of thioether (sulfide) groups is 1. The smallest absolute Gasteiger partial charge is 0.237 e. The summed E-state index contributed by atoms with van der Waals surface area (Å²) < 4.78 is 5.32. The molecule has 0 atom stereocenters. The number of aromatic amines is 1. The van der Waals surface area contributed by atoms with Crippen molar-refractivity contribution in [2.45, 2.75) is 17.8 Å². The van der Waals surface area contributed by atoms with Gasteiger partial charge in [0, 0.05) is 5.56 Å². The first-order chi connectivity index (χ1) is 11.3. The number of hydrogen-bond acceptors (Lipinski definition) is 5. The maximum absolute atomic E-state index is 5.32. The van der Waals surface area contributed by atoms with E-state index < -0.39 is 0 Å². The normalized spacial score (nSPS) is 11.2. The molecule has 2 aromatic carbocycles. The van der Waals surface area contributed by atoms with Gasteiger partial charge >= 0.3 is 0 Å². The van der Waals surface area contributed by atoms with Crippen LogP contribution >= 0.6 is 11.8 Å². The fourth-order valence-electron chi connectivity index (χ4n) is 2.26. The molecule has 4 rings (SSSR count). The number of para-hydroxylation sites is 2. The van der Waals surface area contributed by atoms with E-state index in [-0.39, 0.29) is 0 Å². The molecule has 0 aliphatic heterocycles. The van der Waals surface area contributed by atoms with E-state index in [2.05, 4.69) is 27.0 Å². The quantitative estimate of drug-likeness (QED) is 0.570. The lowest BCUT2D eigenvalue weighted by molar-refractivity contribution is 0.391. The molecule has 0 amide bonds. The Morgan fingerprint density at radius 2 is 1.87 bits per heavy atom. The van der Waals surface area contributed by atoms with E-state index in [0.29, 0.717) is 17.5 Å². The SMILES string of the molecule is Cc1ccc(-c2noc(CSc3nc4ccccc4[nH]3)n2)cc1. The van der Waals surface area contributed by atoms with Crippen molar-refractivity contribution in [1.29, 1.82) is 0 Å². The second kappa shape index (κ2) is 5.89. The highest BCUT2D eigenvalue weighted by Gasteiger charge is 2.10. The van der Waals surface area contributed by atoms with Gasteiger partial charge in [-0.2, -0.15) is 4.98 Å². The van der Waals surface area contributed by atoms with E-state index in [1.165, 1.54) is 5.56 Å². The first-order valence-electron chi connectivity index (χ1n) is 7.25. The van der Waals surface area contributed by atoms with Gasteiger partial charge in [0.2, 0.25) is 11.7 Å². The van der Waals surface area contributed by atoms with E-state index in [4.69, 9.17) is 4.52 Å². The maximum atomic E-state index is 5.32. The van der Waals surface area contributed by atoms with Gasteiger partial charge in [-0.1, -0.05) is 58.9 Å². The van der Waals surface area contributed by atoms with E-state index in [1.54, 1.807) is 11.8 Å². The lowest BCUT2D eigenvalue weighted by Gasteiger charge is -1.94. The van der Waals surface area contributed by atoms with Crippen molar-refractivity contribution in [2.24, 2.45) is 0 Å². The number of imidazole rings is 1. The molecule has 114 valence electrons. The minimum Gasteiger partial charge on any atom is -0.338 e. The fourth-order valence-corrected chi connectivity index (χ4v) is 2.98. The van der Waals surface area contributed by atoms with Crippen LogP contribution in [-0.4, -0.2) is 20.1 Å². The van der Waals surface area contributed by atoms with Crippen molar-refractivity contribution < 1.29 is 4.52 Å². The van der Waals surface area contributed by atoms with Crippen LogP contribution in [0, 0.1) is 6.92 Å². The predicted molar refractivity (Wildman–Crippen MR) is 90.1 cm³/mol. The van der Waals surface area contributed by atoms with Gasteiger partial charge in [-0.25, -0.2) is 4.98 Å². The summed E-state index contributed by atoms with van der Waals surface area (Å²) in [4.78, 5) is 12.2. The molecule has 0 saturated heterocycles. The topological polar surface area (TPSA) is 67.6 Å². The Balaban J connectivity index is 1.48. The summed E-state index contributed by atoms with van der Waals surface area (Å²) >= 11 is 1.55. The van der Waals surface area contributed by atoms with Crippen LogP contribution in [0.15, 0.2) is 58.2 Å². The zero-order chi connectivity index (χ0) is 15.6. The molecule has 1 N–H and O–H groups in total. The monoisotopic (exact) mass is 322 g/mol. The van der Waals surface area contributed by atoms with Gasteiger partial charge in [0.25, 0.3) is 0 Å². The van der Waals surface area contributed by atoms with Crippen molar-refractivity contribution >= 4 is 22.8 Å². The van der Waals surface area contributed by atoms with Crippen molar-refractivity contribution in [2.75, 3.05) is 0 Å². The van der Waals surface area contributed by atoms with Gasteiger partial charge in [0.05, 0.1) is 16.8 Å². The third-order valence-electron chi connectivity index (χ3n) is 3.48. The zero-order valence-corrected chi connectivity index (χ0v) is 13.3. The summed E-state index contributed by atoms with van der Waals surface area (Å²) in [5.74, 6) is 1.79. The van der Waals surface area contributed by atoms with Gasteiger partial charge in [0.15, 0.2) is 5.16 Å². The van der Waals surface area contributed by atoms with Crippen molar-refractivity contribution in [3.05, 3.63) is 60.0 Å². The third-order valence-corrected chi connectivity index (χ3v) is 4.34. The van der Waals surface area contributed by atoms with Gasteiger partial charge in [-0.15, -0.1) is 0 Å². The molecular weight excluding hydrogens is 308 g/mol. The van der Waals surface area contributed by atoms with Crippen LogP contribution in [0.4, 0.5) is 0 Å². The average molecular weight is 322 g/mol. The number of H-pyrrole nitrogens is 1. The average Bonchev–Trinajstić information content (AvgIpc) is 3.20. The van der Waals surface area contributed by atoms with Gasteiger partial charge in [0.1, 0.15) is 0 Å². The van der Waals surface area contributed by atoms with Gasteiger partial charge < -0.3 is 9.51 Å². The minimum atomic E-state index is 0.582. The lowest BCUT2D eigenvalue weighted by Crippen LogP contribution is -1.84. The van der Waals surface area contributed by atoms with Crippen LogP contribution in [0.5, 0.6) is 0 Å². The van der Waals surface area contributed by atoms with E-state index >= 15 is 0 Å². The molecule has 0 saturated carbocycles. The van der Waals surface area contributed by atoms with E-state index in [9.17, 15) is 0 Å². The number of benzene rings is 2. The first kappa shape index (κ1) is 14.0. The summed E-state index contributed by atoms with van der Waals surface area (Å²) in [7, 11) is 0. The molecule has 0 spiro atoms. The molecule has 4 aromatic rings. The van der Waals surface area contributed by atoms with Crippen LogP contribution < -0.4 is 0 Å². The van der Waals surface area contributed by atoms with E-state index in [0.717, 1.165) is 21.8 Å².